The highest BCUT2D eigenvalue weighted by atomic mass is 16.5. The predicted octanol–water partition coefficient (Wildman–Crippen LogP) is 1.39. The molecule has 1 atom stereocenters. The smallest absolute Gasteiger partial charge is 0.224 e. The van der Waals surface area contributed by atoms with Crippen molar-refractivity contribution in [2.24, 2.45) is 7.05 Å². The van der Waals surface area contributed by atoms with Crippen molar-refractivity contribution in [2.75, 3.05) is 56.7 Å². The fourth-order valence-electron chi connectivity index (χ4n) is 4.36. The number of hydrogen-bond acceptors (Lipinski definition) is 9. The second kappa shape index (κ2) is 8.35. The van der Waals surface area contributed by atoms with Crippen molar-refractivity contribution in [1.82, 2.24) is 34.4 Å². The molecule has 2 aliphatic heterocycles. The fraction of sp³-hybridized carbons (Fsp3) is 0.571. The molecule has 2 saturated heterocycles. The average molecular weight is 424 g/mol. The van der Waals surface area contributed by atoms with Crippen LogP contribution in [0.5, 0.6) is 0 Å². The summed E-state index contributed by atoms with van der Waals surface area (Å²) in [5.74, 6) is 2.53. The maximum Gasteiger partial charge on any atom is 0.224 e. The molecule has 0 spiro atoms. The van der Waals surface area contributed by atoms with Gasteiger partial charge in [-0.05, 0) is 19.4 Å². The summed E-state index contributed by atoms with van der Waals surface area (Å²) in [6, 6.07) is 0.174. The molecule has 31 heavy (non-hydrogen) atoms. The first-order valence-electron chi connectivity index (χ1n) is 10.8. The number of rotatable bonds is 5. The van der Waals surface area contributed by atoms with Gasteiger partial charge in [-0.1, -0.05) is 0 Å². The van der Waals surface area contributed by atoms with Crippen LogP contribution in [0.15, 0.2) is 18.7 Å². The third kappa shape index (κ3) is 3.92. The van der Waals surface area contributed by atoms with Crippen LogP contribution in [0, 0.1) is 0 Å². The van der Waals surface area contributed by atoms with Crippen LogP contribution >= 0.6 is 0 Å². The number of anilines is 2. The second-order valence-electron chi connectivity index (χ2n) is 8.45. The number of fused-ring (bicyclic) bond motifs is 1. The number of nitrogens with zero attached hydrogens (tertiary/aromatic N) is 9. The Labute approximate surface area is 181 Å². The fourth-order valence-corrected chi connectivity index (χ4v) is 4.36. The van der Waals surface area contributed by atoms with E-state index >= 15 is 0 Å². The normalized spacial score (nSPS) is 20.0. The molecule has 0 bridgehead atoms. The van der Waals surface area contributed by atoms with Crippen molar-refractivity contribution in [3.8, 4) is 0 Å². The van der Waals surface area contributed by atoms with Gasteiger partial charge in [0.05, 0.1) is 25.6 Å². The number of imidazole rings is 1. The minimum atomic E-state index is 0.174. The summed E-state index contributed by atoms with van der Waals surface area (Å²) in [6.45, 7) is 4.88. The van der Waals surface area contributed by atoms with E-state index in [2.05, 4.69) is 24.8 Å². The first kappa shape index (κ1) is 20.1. The maximum atomic E-state index is 5.54. The Bertz CT molecular complexity index is 1040. The lowest BCUT2D eigenvalue weighted by atomic mass is 10.2. The molecule has 10 nitrogen and oxygen atoms in total. The summed E-state index contributed by atoms with van der Waals surface area (Å²) in [7, 11) is 5.89. The number of morpholine rings is 1. The number of aryl methyl sites for hydroxylation is 1. The van der Waals surface area contributed by atoms with Crippen molar-refractivity contribution in [2.45, 2.75) is 25.4 Å². The molecular formula is C21H29N9O. The van der Waals surface area contributed by atoms with E-state index in [4.69, 9.17) is 14.7 Å². The first-order valence-corrected chi connectivity index (χ1v) is 10.8. The third-order valence-electron chi connectivity index (χ3n) is 6.01. The lowest BCUT2D eigenvalue weighted by Crippen LogP contribution is -2.37. The van der Waals surface area contributed by atoms with E-state index in [-0.39, 0.29) is 6.04 Å². The third-order valence-corrected chi connectivity index (χ3v) is 6.01. The van der Waals surface area contributed by atoms with E-state index in [9.17, 15) is 0 Å². The van der Waals surface area contributed by atoms with Crippen LogP contribution in [0.3, 0.4) is 0 Å². The van der Waals surface area contributed by atoms with E-state index in [0.29, 0.717) is 13.2 Å². The quantitative estimate of drug-likeness (QED) is 0.604. The molecule has 0 amide bonds. The molecule has 0 aliphatic carbocycles. The highest BCUT2D eigenvalue weighted by Crippen LogP contribution is 2.34. The van der Waals surface area contributed by atoms with Gasteiger partial charge in [-0.15, -0.1) is 0 Å². The molecule has 3 aromatic rings. The van der Waals surface area contributed by atoms with Gasteiger partial charge in [0, 0.05) is 58.7 Å². The van der Waals surface area contributed by atoms with Crippen molar-refractivity contribution < 1.29 is 4.74 Å². The zero-order chi connectivity index (χ0) is 21.4. The van der Waals surface area contributed by atoms with E-state index in [1.54, 1.807) is 0 Å². The van der Waals surface area contributed by atoms with Gasteiger partial charge in [0.15, 0.2) is 17.0 Å². The van der Waals surface area contributed by atoms with Gasteiger partial charge in [0.2, 0.25) is 5.95 Å². The summed E-state index contributed by atoms with van der Waals surface area (Å²) in [6.07, 6.45) is 7.83. The number of aromatic nitrogens is 6. The largest absolute Gasteiger partial charge is 0.378 e. The molecule has 10 heteroatoms. The molecule has 0 aromatic carbocycles. The Morgan fingerprint density at radius 1 is 1.06 bits per heavy atom. The van der Waals surface area contributed by atoms with Crippen LogP contribution < -0.4 is 9.80 Å². The molecule has 5 heterocycles. The van der Waals surface area contributed by atoms with Crippen molar-refractivity contribution in [3.63, 3.8) is 0 Å². The monoisotopic (exact) mass is 423 g/mol. The number of ether oxygens (including phenoxy) is 1. The van der Waals surface area contributed by atoms with Crippen molar-refractivity contribution >= 4 is 22.9 Å². The summed E-state index contributed by atoms with van der Waals surface area (Å²) in [4.78, 5) is 30.2. The second-order valence-corrected chi connectivity index (χ2v) is 8.45. The Morgan fingerprint density at radius 2 is 1.84 bits per heavy atom. The molecule has 5 rings (SSSR count). The van der Waals surface area contributed by atoms with Gasteiger partial charge in [0.1, 0.15) is 5.82 Å². The number of hydrogen-bond donors (Lipinski definition) is 0. The van der Waals surface area contributed by atoms with E-state index in [0.717, 1.165) is 73.3 Å². The first-order chi connectivity index (χ1) is 15.1. The SMILES string of the molecule is CN(C)c1ncc(CN2CCCC2c2nc(N3CCOCC3)c3ncn(C)c3n2)cn1. The zero-order valence-electron chi connectivity index (χ0n) is 18.4. The minimum absolute atomic E-state index is 0.174. The zero-order valence-corrected chi connectivity index (χ0v) is 18.4. The van der Waals surface area contributed by atoms with Gasteiger partial charge >= 0.3 is 0 Å². The standard InChI is InChI=1S/C21H29N9O/c1-27(2)21-22-11-15(12-23-21)13-30-6-4-5-16(30)18-25-19-17(24-14-28(19)3)20(26-18)29-7-9-31-10-8-29/h11-12,14,16H,4-10,13H2,1-3H3. The molecule has 164 valence electrons. The van der Waals surface area contributed by atoms with Crippen LogP contribution in [0.2, 0.25) is 0 Å². The average Bonchev–Trinajstić information content (AvgIpc) is 3.41. The van der Waals surface area contributed by atoms with Crippen LogP contribution in [-0.2, 0) is 18.3 Å². The highest BCUT2D eigenvalue weighted by Gasteiger charge is 2.31. The van der Waals surface area contributed by atoms with E-state index < -0.39 is 0 Å². The molecule has 3 aromatic heterocycles. The van der Waals surface area contributed by atoms with Crippen LogP contribution in [-0.4, -0.2) is 81.3 Å². The summed E-state index contributed by atoms with van der Waals surface area (Å²) < 4.78 is 7.52. The Hall–Kier alpha value is -2.85. The highest BCUT2D eigenvalue weighted by molar-refractivity contribution is 5.83. The Morgan fingerprint density at radius 3 is 2.58 bits per heavy atom. The maximum absolute atomic E-state index is 5.54. The predicted molar refractivity (Wildman–Crippen MR) is 118 cm³/mol. The van der Waals surface area contributed by atoms with Gasteiger partial charge in [-0.2, -0.15) is 0 Å². The molecule has 0 N–H and O–H groups in total. The molecule has 2 aliphatic rings. The van der Waals surface area contributed by atoms with E-state index in [1.165, 1.54) is 0 Å². The Balaban J connectivity index is 1.45. The molecule has 0 radical (unpaired) electrons. The van der Waals surface area contributed by atoms with Gasteiger partial charge in [0.25, 0.3) is 0 Å². The molecular weight excluding hydrogens is 394 g/mol. The molecule has 1 unspecified atom stereocenters. The Kier molecular flexibility index (Phi) is 5.41. The molecule has 0 saturated carbocycles. The number of likely N-dealkylation sites (tertiary alicyclic amines) is 1. The van der Waals surface area contributed by atoms with Gasteiger partial charge < -0.3 is 19.1 Å². The minimum Gasteiger partial charge on any atom is -0.378 e. The van der Waals surface area contributed by atoms with E-state index in [1.807, 2.05) is 49.3 Å². The summed E-state index contributed by atoms with van der Waals surface area (Å²) in [5.41, 5.74) is 2.86. The lowest BCUT2D eigenvalue weighted by Gasteiger charge is -2.29. The van der Waals surface area contributed by atoms with Crippen LogP contribution in [0.4, 0.5) is 11.8 Å². The van der Waals surface area contributed by atoms with Crippen molar-refractivity contribution in [3.05, 3.63) is 30.1 Å². The summed E-state index contributed by atoms with van der Waals surface area (Å²) >= 11 is 0. The lowest BCUT2D eigenvalue weighted by molar-refractivity contribution is 0.122. The van der Waals surface area contributed by atoms with Crippen LogP contribution in [0.25, 0.3) is 11.2 Å². The molecule has 2 fully saturated rings. The van der Waals surface area contributed by atoms with Gasteiger partial charge in [-0.3, -0.25) is 4.90 Å². The summed E-state index contributed by atoms with van der Waals surface area (Å²) in [5, 5.41) is 0. The van der Waals surface area contributed by atoms with Gasteiger partial charge in [-0.25, -0.2) is 24.9 Å². The van der Waals surface area contributed by atoms with Crippen molar-refractivity contribution in [1.29, 1.82) is 0 Å². The van der Waals surface area contributed by atoms with Crippen LogP contribution in [0.1, 0.15) is 30.3 Å². The topological polar surface area (TPSA) is 88.3 Å².